The minimum Gasteiger partial charge on any atom is -0.479 e. The van der Waals surface area contributed by atoms with E-state index in [0.29, 0.717) is 10.9 Å². The summed E-state index contributed by atoms with van der Waals surface area (Å²) in [4.78, 5) is 0. The third-order valence-electron chi connectivity index (χ3n) is 3.63. The Kier molecular flexibility index (Phi) is 4.28. The van der Waals surface area contributed by atoms with Crippen molar-refractivity contribution in [2.75, 3.05) is 6.61 Å². The van der Waals surface area contributed by atoms with Gasteiger partial charge in [0.2, 0.25) is 0 Å². The van der Waals surface area contributed by atoms with Gasteiger partial charge in [0.25, 0.3) is 0 Å². The quantitative estimate of drug-likeness (QED) is 0.784. The molecule has 6 heteroatoms. The SMILES string of the molecule is C#CCOc1cc(-n2nc3c(c2Cl)CCCC3)c(F)cc1Cl. The molecule has 2 aromatic rings. The second-order valence-corrected chi connectivity index (χ2v) is 5.83. The Morgan fingerprint density at radius 1 is 1.32 bits per heavy atom. The summed E-state index contributed by atoms with van der Waals surface area (Å²) in [5.74, 6) is 2.14. The summed E-state index contributed by atoms with van der Waals surface area (Å²) in [6.45, 7) is 0.0497. The molecule has 0 unspecified atom stereocenters. The predicted octanol–water partition coefficient (Wildman–Crippen LogP) is 4.21. The highest BCUT2D eigenvalue weighted by molar-refractivity contribution is 6.32. The monoisotopic (exact) mass is 338 g/mol. The van der Waals surface area contributed by atoms with Gasteiger partial charge in [0.15, 0.2) is 5.82 Å². The molecule has 1 aromatic heterocycles. The van der Waals surface area contributed by atoms with Crippen LogP contribution in [-0.4, -0.2) is 16.4 Å². The lowest BCUT2D eigenvalue weighted by molar-refractivity contribution is 0.369. The first-order valence-corrected chi connectivity index (χ1v) is 7.69. The largest absolute Gasteiger partial charge is 0.479 e. The fourth-order valence-corrected chi connectivity index (χ4v) is 3.12. The molecule has 0 atom stereocenters. The summed E-state index contributed by atoms with van der Waals surface area (Å²) in [7, 11) is 0. The van der Waals surface area contributed by atoms with Gasteiger partial charge in [0.05, 0.1) is 10.7 Å². The van der Waals surface area contributed by atoms with Crippen molar-refractivity contribution >= 4 is 23.2 Å². The van der Waals surface area contributed by atoms with Gasteiger partial charge in [-0.3, -0.25) is 0 Å². The second kappa shape index (κ2) is 6.20. The summed E-state index contributed by atoms with van der Waals surface area (Å²) in [5.41, 5.74) is 2.13. The summed E-state index contributed by atoms with van der Waals surface area (Å²) >= 11 is 12.3. The summed E-state index contributed by atoms with van der Waals surface area (Å²) in [6, 6.07) is 2.65. The third kappa shape index (κ3) is 2.67. The molecule has 1 aliphatic carbocycles. The van der Waals surface area contributed by atoms with Gasteiger partial charge in [-0.15, -0.1) is 6.42 Å². The van der Waals surface area contributed by atoms with Crippen molar-refractivity contribution in [2.45, 2.75) is 25.7 Å². The van der Waals surface area contributed by atoms with Crippen LogP contribution in [0.4, 0.5) is 4.39 Å². The molecule has 0 aliphatic heterocycles. The van der Waals surface area contributed by atoms with E-state index in [2.05, 4.69) is 11.0 Å². The van der Waals surface area contributed by atoms with Crippen LogP contribution in [0.5, 0.6) is 5.75 Å². The molecule has 1 aromatic carbocycles. The molecular formula is C16H13Cl2FN2O. The van der Waals surface area contributed by atoms with Crippen molar-refractivity contribution < 1.29 is 9.13 Å². The van der Waals surface area contributed by atoms with Crippen LogP contribution in [0.1, 0.15) is 24.1 Å². The number of fused-ring (bicyclic) bond motifs is 1. The zero-order chi connectivity index (χ0) is 15.7. The lowest BCUT2D eigenvalue weighted by Crippen LogP contribution is -2.03. The van der Waals surface area contributed by atoms with Crippen LogP contribution < -0.4 is 4.74 Å². The molecule has 0 fully saturated rings. The number of nitrogens with zero attached hydrogens (tertiary/aromatic N) is 2. The number of aryl methyl sites for hydroxylation is 1. The van der Waals surface area contributed by atoms with Gasteiger partial charge in [-0.05, 0) is 31.7 Å². The fraction of sp³-hybridized carbons (Fsp3) is 0.312. The van der Waals surface area contributed by atoms with Crippen LogP contribution >= 0.6 is 23.2 Å². The molecule has 3 nitrogen and oxygen atoms in total. The highest BCUT2D eigenvalue weighted by Gasteiger charge is 2.22. The Balaban J connectivity index is 2.08. The Hall–Kier alpha value is -1.70. The molecule has 0 saturated heterocycles. The smallest absolute Gasteiger partial charge is 0.150 e. The molecule has 114 valence electrons. The van der Waals surface area contributed by atoms with Gasteiger partial charge in [-0.2, -0.15) is 5.10 Å². The first-order valence-electron chi connectivity index (χ1n) is 6.93. The van der Waals surface area contributed by atoms with Gasteiger partial charge in [0.1, 0.15) is 23.2 Å². The van der Waals surface area contributed by atoms with E-state index >= 15 is 0 Å². The Morgan fingerprint density at radius 3 is 2.82 bits per heavy atom. The Bertz CT molecular complexity index is 764. The average molecular weight is 339 g/mol. The van der Waals surface area contributed by atoms with Gasteiger partial charge >= 0.3 is 0 Å². The van der Waals surface area contributed by atoms with Crippen molar-refractivity contribution in [1.29, 1.82) is 0 Å². The Morgan fingerprint density at radius 2 is 2.09 bits per heavy atom. The third-order valence-corrected chi connectivity index (χ3v) is 4.32. The van der Waals surface area contributed by atoms with E-state index in [1.165, 1.54) is 16.8 Å². The molecule has 22 heavy (non-hydrogen) atoms. The summed E-state index contributed by atoms with van der Waals surface area (Å²) in [5, 5.41) is 5.04. The standard InChI is InChI=1S/C16H13Cl2FN2O/c1-2-7-22-15-9-14(12(19)8-11(15)17)21-16(18)10-5-3-4-6-13(10)20-21/h1,8-9H,3-7H2. The molecular weight excluding hydrogens is 326 g/mol. The van der Waals surface area contributed by atoms with Gasteiger partial charge in [0, 0.05) is 11.6 Å². The second-order valence-electron chi connectivity index (χ2n) is 5.06. The summed E-state index contributed by atoms with van der Waals surface area (Å²) < 4.78 is 21.0. The van der Waals surface area contributed by atoms with Crippen molar-refractivity contribution in [1.82, 2.24) is 9.78 Å². The van der Waals surface area contributed by atoms with Crippen LogP contribution in [0.3, 0.4) is 0 Å². The van der Waals surface area contributed by atoms with Crippen LogP contribution in [0.2, 0.25) is 10.2 Å². The van der Waals surface area contributed by atoms with Crippen molar-refractivity contribution in [3.63, 3.8) is 0 Å². The predicted molar refractivity (Wildman–Crippen MR) is 84.5 cm³/mol. The van der Waals surface area contributed by atoms with Gasteiger partial charge in [-0.25, -0.2) is 9.07 Å². The number of aromatic nitrogens is 2. The van der Waals surface area contributed by atoms with E-state index < -0.39 is 5.82 Å². The Labute approximate surface area is 138 Å². The molecule has 0 bridgehead atoms. The summed E-state index contributed by atoms with van der Waals surface area (Å²) in [6.07, 6.45) is 9.03. The average Bonchev–Trinajstić information content (AvgIpc) is 2.84. The zero-order valence-corrected chi connectivity index (χ0v) is 13.2. The number of rotatable bonds is 3. The maximum Gasteiger partial charge on any atom is 0.150 e. The maximum atomic E-state index is 14.3. The lowest BCUT2D eigenvalue weighted by atomic mass is 9.99. The fourth-order valence-electron chi connectivity index (χ4n) is 2.58. The van der Waals surface area contributed by atoms with Crippen LogP contribution in [0.15, 0.2) is 12.1 Å². The topological polar surface area (TPSA) is 27.1 Å². The number of benzene rings is 1. The molecule has 1 heterocycles. The van der Waals surface area contributed by atoms with Gasteiger partial charge < -0.3 is 4.74 Å². The number of terminal acetylenes is 1. The minimum absolute atomic E-state index is 0.0497. The van der Waals surface area contributed by atoms with E-state index in [1.54, 1.807) is 0 Å². The highest BCUT2D eigenvalue weighted by atomic mass is 35.5. The van der Waals surface area contributed by atoms with Crippen molar-refractivity contribution in [3.8, 4) is 23.8 Å². The van der Waals surface area contributed by atoms with Crippen LogP contribution in [0, 0.1) is 18.2 Å². The van der Waals surface area contributed by atoms with E-state index in [-0.39, 0.29) is 17.3 Å². The van der Waals surface area contributed by atoms with E-state index in [1.807, 2.05) is 0 Å². The molecule has 3 rings (SSSR count). The van der Waals surface area contributed by atoms with Crippen LogP contribution in [0.25, 0.3) is 5.69 Å². The number of hydrogen-bond donors (Lipinski definition) is 0. The molecule has 0 radical (unpaired) electrons. The first-order chi connectivity index (χ1) is 10.6. The van der Waals surface area contributed by atoms with E-state index in [4.69, 9.17) is 34.4 Å². The maximum absolute atomic E-state index is 14.3. The number of halogens is 3. The minimum atomic E-state index is -0.514. The van der Waals surface area contributed by atoms with Crippen molar-refractivity contribution in [3.05, 3.63) is 39.4 Å². The van der Waals surface area contributed by atoms with Crippen molar-refractivity contribution in [2.24, 2.45) is 0 Å². The highest BCUT2D eigenvalue weighted by Crippen LogP contribution is 2.34. The number of ether oxygens (including phenoxy) is 1. The zero-order valence-electron chi connectivity index (χ0n) is 11.7. The molecule has 0 saturated carbocycles. The lowest BCUT2D eigenvalue weighted by Gasteiger charge is -2.10. The first kappa shape index (κ1) is 15.2. The number of hydrogen-bond acceptors (Lipinski definition) is 2. The molecule has 0 N–H and O–H groups in total. The van der Waals surface area contributed by atoms with Gasteiger partial charge in [-0.1, -0.05) is 29.1 Å². The molecule has 1 aliphatic rings. The normalized spacial score (nSPS) is 13.5. The van der Waals surface area contributed by atoms with E-state index in [0.717, 1.165) is 36.9 Å². The van der Waals surface area contributed by atoms with E-state index in [9.17, 15) is 4.39 Å². The van der Waals surface area contributed by atoms with Crippen LogP contribution in [-0.2, 0) is 12.8 Å². The molecule has 0 spiro atoms. The molecule has 0 amide bonds.